The summed E-state index contributed by atoms with van der Waals surface area (Å²) in [6.07, 6.45) is -0.731. The topological polar surface area (TPSA) is 60.2 Å². The molecule has 1 atom stereocenters. The summed E-state index contributed by atoms with van der Waals surface area (Å²) >= 11 is 0. The van der Waals surface area contributed by atoms with Crippen molar-refractivity contribution in [3.8, 4) is 17.0 Å². The van der Waals surface area contributed by atoms with Crippen molar-refractivity contribution in [3.63, 3.8) is 0 Å². The number of nitrogens with zero attached hydrogens (tertiary/aromatic N) is 3. The molecule has 130 valence electrons. The predicted octanol–water partition coefficient (Wildman–Crippen LogP) is 3.58. The Kier molecular flexibility index (Phi) is 4.71. The van der Waals surface area contributed by atoms with E-state index in [0.29, 0.717) is 5.56 Å². The number of alkyl halides is 3. The molecule has 0 bridgehead atoms. The van der Waals surface area contributed by atoms with Crippen LogP contribution in [0.5, 0.6) is 5.75 Å². The van der Waals surface area contributed by atoms with Gasteiger partial charge in [-0.15, -0.1) is 13.2 Å². The predicted molar refractivity (Wildman–Crippen MR) is 83.5 cm³/mol. The molecule has 0 radical (unpaired) electrons. The fraction of sp³-hybridized carbons (Fsp3) is 0.176. The molecule has 0 aliphatic heterocycles. The van der Waals surface area contributed by atoms with Crippen LogP contribution in [0.15, 0.2) is 61.1 Å². The first-order valence-corrected chi connectivity index (χ1v) is 7.38. The maximum atomic E-state index is 12.2. The quantitative estimate of drug-likeness (QED) is 0.765. The zero-order chi connectivity index (χ0) is 17.9. The lowest BCUT2D eigenvalue weighted by Gasteiger charge is -2.15. The van der Waals surface area contributed by atoms with Gasteiger partial charge in [0.1, 0.15) is 5.75 Å². The average molecular weight is 349 g/mol. The monoisotopic (exact) mass is 349 g/mol. The number of aromatic nitrogens is 3. The maximum absolute atomic E-state index is 12.2. The molecule has 0 aliphatic rings. The third-order valence-corrected chi connectivity index (χ3v) is 3.52. The Labute approximate surface area is 141 Å². The van der Waals surface area contributed by atoms with E-state index in [9.17, 15) is 18.3 Å². The van der Waals surface area contributed by atoms with Crippen molar-refractivity contribution in [3.05, 3.63) is 66.6 Å². The van der Waals surface area contributed by atoms with Gasteiger partial charge in [0, 0.05) is 24.2 Å². The number of rotatable bonds is 5. The van der Waals surface area contributed by atoms with Crippen LogP contribution in [0.4, 0.5) is 13.2 Å². The zero-order valence-corrected chi connectivity index (χ0v) is 12.9. The number of halogens is 3. The van der Waals surface area contributed by atoms with E-state index in [1.54, 1.807) is 35.4 Å². The van der Waals surface area contributed by atoms with Crippen LogP contribution < -0.4 is 4.74 Å². The first kappa shape index (κ1) is 17.0. The number of benzene rings is 1. The van der Waals surface area contributed by atoms with Crippen LogP contribution in [-0.2, 0) is 6.54 Å². The molecular formula is C17H14F3N3O2. The summed E-state index contributed by atoms with van der Waals surface area (Å²) in [7, 11) is 0. The normalized spacial score (nSPS) is 12.8. The molecular weight excluding hydrogens is 335 g/mol. The van der Waals surface area contributed by atoms with Crippen LogP contribution in [0.25, 0.3) is 11.3 Å². The van der Waals surface area contributed by atoms with Gasteiger partial charge in [0.15, 0.2) is 0 Å². The van der Waals surface area contributed by atoms with Gasteiger partial charge in [-0.1, -0.05) is 12.1 Å². The van der Waals surface area contributed by atoms with Crippen LogP contribution >= 0.6 is 0 Å². The highest BCUT2D eigenvalue weighted by Crippen LogP contribution is 2.26. The standard InChI is InChI=1S/C17H14F3N3O2/c18-17(19,20)25-14-5-3-12(4-6-14)16(24)11-23-15(7-9-22-23)13-2-1-8-21-10-13/h1-10,16,24H,11H2/t16-/m0/s1. The largest absolute Gasteiger partial charge is 0.573 e. The smallest absolute Gasteiger partial charge is 0.406 e. The van der Waals surface area contributed by atoms with Crippen molar-refractivity contribution in [2.75, 3.05) is 0 Å². The lowest BCUT2D eigenvalue weighted by atomic mass is 10.1. The van der Waals surface area contributed by atoms with Gasteiger partial charge >= 0.3 is 6.36 Å². The van der Waals surface area contributed by atoms with Crippen LogP contribution in [-0.4, -0.2) is 26.2 Å². The van der Waals surface area contributed by atoms with E-state index in [1.165, 1.54) is 12.1 Å². The van der Waals surface area contributed by atoms with Gasteiger partial charge in [-0.25, -0.2) is 0 Å². The minimum atomic E-state index is -4.74. The molecule has 0 aliphatic carbocycles. The fourth-order valence-electron chi connectivity index (χ4n) is 2.40. The summed E-state index contributed by atoms with van der Waals surface area (Å²) in [5.74, 6) is -0.335. The molecule has 1 aromatic carbocycles. The molecule has 25 heavy (non-hydrogen) atoms. The molecule has 3 aromatic rings. The van der Waals surface area contributed by atoms with Gasteiger partial charge in [0.25, 0.3) is 0 Å². The van der Waals surface area contributed by atoms with Gasteiger partial charge in [-0.05, 0) is 35.9 Å². The first-order chi connectivity index (χ1) is 11.9. The average Bonchev–Trinajstić information content (AvgIpc) is 3.03. The number of aliphatic hydroxyl groups excluding tert-OH is 1. The second-order valence-electron chi connectivity index (χ2n) is 5.27. The van der Waals surface area contributed by atoms with Crippen molar-refractivity contribution in [2.45, 2.75) is 19.0 Å². The van der Waals surface area contributed by atoms with E-state index in [0.717, 1.165) is 23.4 Å². The van der Waals surface area contributed by atoms with Gasteiger partial charge in [0.2, 0.25) is 0 Å². The van der Waals surface area contributed by atoms with E-state index in [1.807, 2.05) is 6.07 Å². The second kappa shape index (κ2) is 6.94. The fourth-order valence-corrected chi connectivity index (χ4v) is 2.40. The zero-order valence-electron chi connectivity index (χ0n) is 12.9. The highest BCUT2D eigenvalue weighted by atomic mass is 19.4. The van der Waals surface area contributed by atoms with Crippen LogP contribution in [0.2, 0.25) is 0 Å². The van der Waals surface area contributed by atoms with Crippen LogP contribution in [0.3, 0.4) is 0 Å². The number of hydrogen-bond donors (Lipinski definition) is 1. The summed E-state index contributed by atoms with van der Waals surface area (Å²) in [6, 6.07) is 10.6. The third kappa shape index (κ3) is 4.36. The van der Waals surface area contributed by atoms with E-state index >= 15 is 0 Å². The summed E-state index contributed by atoms with van der Waals surface area (Å²) in [4.78, 5) is 4.05. The lowest BCUT2D eigenvalue weighted by molar-refractivity contribution is -0.274. The van der Waals surface area contributed by atoms with E-state index in [4.69, 9.17) is 0 Å². The molecule has 2 aromatic heterocycles. The minimum Gasteiger partial charge on any atom is -0.406 e. The van der Waals surface area contributed by atoms with Crippen molar-refractivity contribution in [1.82, 2.24) is 14.8 Å². The van der Waals surface area contributed by atoms with Crippen LogP contribution in [0.1, 0.15) is 11.7 Å². The molecule has 0 unspecified atom stereocenters. The van der Waals surface area contributed by atoms with Crippen molar-refractivity contribution >= 4 is 0 Å². The minimum absolute atomic E-state index is 0.150. The summed E-state index contributed by atoms with van der Waals surface area (Å²) in [6.45, 7) is 0.150. The highest BCUT2D eigenvalue weighted by Gasteiger charge is 2.31. The molecule has 5 nitrogen and oxygen atoms in total. The van der Waals surface area contributed by atoms with E-state index in [2.05, 4.69) is 14.8 Å². The third-order valence-electron chi connectivity index (χ3n) is 3.52. The molecule has 0 saturated heterocycles. The molecule has 0 saturated carbocycles. The molecule has 1 N–H and O–H groups in total. The Morgan fingerprint density at radius 2 is 1.84 bits per heavy atom. The Morgan fingerprint density at radius 1 is 1.08 bits per heavy atom. The Hall–Kier alpha value is -2.87. The number of aliphatic hydroxyl groups is 1. The van der Waals surface area contributed by atoms with Crippen molar-refractivity contribution < 1.29 is 23.0 Å². The lowest BCUT2D eigenvalue weighted by Crippen LogP contribution is -2.17. The second-order valence-corrected chi connectivity index (χ2v) is 5.27. The van der Waals surface area contributed by atoms with E-state index < -0.39 is 12.5 Å². The number of ether oxygens (including phenoxy) is 1. The highest BCUT2D eigenvalue weighted by molar-refractivity contribution is 5.57. The van der Waals surface area contributed by atoms with Crippen molar-refractivity contribution in [2.24, 2.45) is 0 Å². The van der Waals surface area contributed by atoms with Gasteiger partial charge in [0.05, 0.1) is 18.3 Å². The molecule has 8 heteroatoms. The number of hydrogen-bond acceptors (Lipinski definition) is 4. The Balaban J connectivity index is 1.73. The molecule has 2 heterocycles. The van der Waals surface area contributed by atoms with E-state index in [-0.39, 0.29) is 12.3 Å². The van der Waals surface area contributed by atoms with Crippen LogP contribution in [0, 0.1) is 0 Å². The van der Waals surface area contributed by atoms with Gasteiger partial charge in [-0.2, -0.15) is 5.10 Å². The molecule has 0 fully saturated rings. The van der Waals surface area contributed by atoms with Gasteiger partial charge in [-0.3, -0.25) is 9.67 Å². The molecule has 0 spiro atoms. The number of pyridine rings is 1. The Bertz CT molecular complexity index is 817. The summed E-state index contributed by atoms with van der Waals surface area (Å²) in [5.41, 5.74) is 2.09. The SMILES string of the molecule is O[C@@H](Cn1nccc1-c1cccnc1)c1ccc(OC(F)(F)F)cc1. The van der Waals surface area contributed by atoms with Gasteiger partial charge < -0.3 is 9.84 Å². The maximum Gasteiger partial charge on any atom is 0.573 e. The first-order valence-electron chi connectivity index (χ1n) is 7.38. The molecule has 3 rings (SSSR count). The van der Waals surface area contributed by atoms with Crippen molar-refractivity contribution in [1.29, 1.82) is 0 Å². The molecule has 0 amide bonds. The Morgan fingerprint density at radius 3 is 2.48 bits per heavy atom. The summed E-state index contributed by atoms with van der Waals surface area (Å²) in [5, 5.41) is 14.5. The summed E-state index contributed by atoms with van der Waals surface area (Å²) < 4.78 is 41.9.